The van der Waals surface area contributed by atoms with E-state index in [0.717, 1.165) is 27.5 Å². The Balaban J connectivity index is 1.45. The summed E-state index contributed by atoms with van der Waals surface area (Å²) in [5.74, 6) is -1.35. The summed E-state index contributed by atoms with van der Waals surface area (Å²) in [6.45, 7) is 2.00. The molecule has 0 fully saturated rings. The van der Waals surface area contributed by atoms with Crippen molar-refractivity contribution in [3.05, 3.63) is 113 Å². The molecule has 0 spiro atoms. The van der Waals surface area contributed by atoms with Gasteiger partial charge in [0.15, 0.2) is 0 Å². The fourth-order valence-electron chi connectivity index (χ4n) is 4.35. The molecule has 0 bridgehead atoms. The van der Waals surface area contributed by atoms with Crippen LogP contribution in [0.1, 0.15) is 43.3 Å². The van der Waals surface area contributed by atoms with Crippen LogP contribution in [0.3, 0.4) is 0 Å². The number of nitrogens with zero attached hydrogens (tertiary/aromatic N) is 2. The van der Waals surface area contributed by atoms with Crippen LogP contribution in [-0.4, -0.2) is 34.0 Å². The van der Waals surface area contributed by atoms with Crippen LogP contribution in [0.5, 0.6) is 0 Å². The second kappa shape index (κ2) is 8.43. The van der Waals surface area contributed by atoms with Gasteiger partial charge in [-0.3, -0.25) is 24.3 Å². The first-order chi connectivity index (χ1) is 16.0. The van der Waals surface area contributed by atoms with Crippen molar-refractivity contribution in [2.24, 2.45) is 0 Å². The molecule has 1 aliphatic heterocycles. The lowest BCUT2D eigenvalue weighted by molar-refractivity contribution is -0.120. The molecule has 3 aromatic carbocycles. The van der Waals surface area contributed by atoms with Gasteiger partial charge >= 0.3 is 0 Å². The normalized spacial score (nSPS) is 13.9. The third-order valence-corrected chi connectivity index (χ3v) is 6.20. The fourth-order valence-corrected chi connectivity index (χ4v) is 4.35. The Hall–Kier alpha value is -4.12. The molecular weight excluding hydrogens is 412 g/mol. The SMILES string of the molecule is Cc1ccc(C(CN2C(=O)c3ccccc3C2=O)C(=O)Cc2ccc3cnccc3c2)cc1. The van der Waals surface area contributed by atoms with Gasteiger partial charge in [-0.15, -0.1) is 0 Å². The third kappa shape index (κ3) is 3.94. The fraction of sp³-hybridized carbons (Fsp3) is 0.143. The molecule has 0 saturated heterocycles. The minimum Gasteiger partial charge on any atom is -0.299 e. The summed E-state index contributed by atoms with van der Waals surface area (Å²) in [4.78, 5) is 44.8. The van der Waals surface area contributed by atoms with Gasteiger partial charge in [0.05, 0.1) is 17.0 Å². The topological polar surface area (TPSA) is 67.3 Å². The van der Waals surface area contributed by atoms with Gasteiger partial charge in [-0.2, -0.15) is 0 Å². The number of pyridine rings is 1. The number of hydrogen-bond acceptors (Lipinski definition) is 4. The molecule has 1 aromatic heterocycles. The van der Waals surface area contributed by atoms with Crippen molar-refractivity contribution in [1.29, 1.82) is 0 Å². The van der Waals surface area contributed by atoms with E-state index in [2.05, 4.69) is 4.98 Å². The van der Waals surface area contributed by atoms with Crippen molar-refractivity contribution >= 4 is 28.4 Å². The zero-order valence-electron chi connectivity index (χ0n) is 18.2. The molecule has 0 aliphatic carbocycles. The molecule has 1 atom stereocenters. The Bertz CT molecular complexity index is 1360. The summed E-state index contributed by atoms with van der Waals surface area (Å²) < 4.78 is 0. The summed E-state index contributed by atoms with van der Waals surface area (Å²) in [6, 6.07) is 22.3. The van der Waals surface area contributed by atoms with Crippen molar-refractivity contribution in [2.45, 2.75) is 19.3 Å². The largest absolute Gasteiger partial charge is 0.299 e. The molecule has 5 rings (SSSR count). The van der Waals surface area contributed by atoms with Gasteiger partial charge in [-0.05, 0) is 41.6 Å². The Morgan fingerprint density at radius 2 is 1.58 bits per heavy atom. The predicted octanol–water partition coefficient (Wildman–Crippen LogP) is 4.73. The number of rotatable bonds is 6. The molecule has 0 N–H and O–H groups in total. The number of fused-ring (bicyclic) bond motifs is 2. The Labute approximate surface area is 191 Å². The molecule has 4 aromatic rings. The quantitative estimate of drug-likeness (QED) is 0.411. The van der Waals surface area contributed by atoms with E-state index >= 15 is 0 Å². The van der Waals surface area contributed by atoms with Gasteiger partial charge in [-0.1, -0.05) is 60.2 Å². The van der Waals surface area contributed by atoms with E-state index in [1.54, 1.807) is 36.7 Å². The first kappa shape index (κ1) is 20.8. The molecule has 2 amide bonds. The number of Topliss-reactive ketones (excluding diaryl/α,β-unsaturated/α-hetero) is 1. The molecule has 2 heterocycles. The highest BCUT2D eigenvalue weighted by molar-refractivity contribution is 6.21. The zero-order chi connectivity index (χ0) is 22.9. The van der Waals surface area contributed by atoms with Gasteiger partial charge < -0.3 is 0 Å². The van der Waals surface area contributed by atoms with E-state index in [1.807, 2.05) is 55.5 Å². The molecule has 0 saturated carbocycles. The lowest BCUT2D eigenvalue weighted by Crippen LogP contribution is -2.36. The number of carbonyl (C=O) groups is 3. The van der Waals surface area contributed by atoms with Gasteiger partial charge in [0.2, 0.25) is 0 Å². The highest BCUT2D eigenvalue weighted by Gasteiger charge is 2.38. The maximum absolute atomic E-state index is 13.5. The third-order valence-electron chi connectivity index (χ3n) is 6.20. The Morgan fingerprint density at radius 1 is 0.879 bits per heavy atom. The van der Waals surface area contributed by atoms with E-state index in [-0.39, 0.29) is 30.6 Å². The van der Waals surface area contributed by atoms with Gasteiger partial charge in [0.25, 0.3) is 11.8 Å². The number of carbonyl (C=O) groups excluding carboxylic acids is 3. The first-order valence-electron chi connectivity index (χ1n) is 10.9. The maximum atomic E-state index is 13.5. The van der Waals surface area contributed by atoms with Crippen LogP contribution in [0.2, 0.25) is 0 Å². The van der Waals surface area contributed by atoms with E-state index < -0.39 is 5.92 Å². The van der Waals surface area contributed by atoms with E-state index in [0.29, 0.717) is 11.1 Å². The monoisotopic (exact) mass is 434 g/mol. The highest BCUT2D eigenvalue weighted by Crippen LogP contribution is 2.28. The predicted molar refractivity (Wildman–Crippen MR) is 126 cm³/mol. The van der Waals surface area contributed by atoms with Crippen molar-refractivity contribution in [3.63, 3.8) is 0 Å². The number of benzene rings is 3. The van der Waals surface area contributed by atoms with Crippen molar-refractivity contribution in [3.8, 4) is 0 Å². The van der Waals surface area contributed by atoms with Crippen molar-refractivity contribution < 1.29 is 14.4 Å². The summed E-state index contributed by atoms with van der Waals surface area (Å²) >= 11 is 0. The maximum Gasteiger partial charge on any atom is 0.261 e. The van der Waals surface area contributed by atoms with E-state index in [9.17, 15) is 14.4 Å². The average Bonchev–Trinajstić information content (AvgIpc) is 3.08. The summed E-state index contributed by atoms with van der Waals surface area (Å²) in [6.07, 6.45) is 3.73. The molecule has 5 heteroatoms. The van der Waals surface area contributed by atoms with E-state index in [4.69, 9.17) is 0 Å². The van der Waals surface area contributed by atoms with Crippen LogP contribution in [-0.2, 0) is 11.2 Å². The number of amides is 2. The average molecular weight is 434 g/mol. The zero-order valence-corrected chi connectivity index (χ0v) is 18.2. The minimum atomic E-state index is -0.610. The summed E-state index contributed by atoms with van der Waals surface area (Å²) in [5, 5.41) is 2.03. The summed E-state index contributed by atoms with van der Waals surface area (Å²) in [7, 11) is 0. The van der Waals surface area contributed by atoms with E-state index in [1.165, 1.54) is 4.90 Å². The van der Waals surface area contributed by atoms with Crippen molar-refractivity contribution in [2.75, 3.05) is 6.54 Å². The van der Waals surface area contributed by atoms with Crippen LogP contribution in [0.4, 0.5) is 0 Å². The molecule has 162 valence electrons. The van der Waals surface area contributed by atoms with Gasteiger partial charge in [0, 0.05) is 30.7 Å². The molecule has 1 aliphatic rings. The van der Waals surface area contributed by atoms with Gasteiger partial charge in [-0.25, -0.2) is 0 Å². The second-order valence-electron chi connectivity index (χ2n) is 8.43. The molecule has 1 unspecified atom stereocenters. The van der Waals surface area contributed by atoms with Crippen LogP contribution in [0.15, 0.2) is 85.2 Å². The molecule has 5 nitrogen and oxygen atoms in total. The minimum absolute atomic E-state index is 0.0196. The first-order valence-corrected chi connectivity index (χ1v) is 10.9. The highest BCUT2D eigenvalue weighted by atomic mass is 16.2. The Kier molecular flexibility index (Phi) is 5.31. The number of aryl methyl sites for hydroxylation is 1. The van der Waals surface area contributed by atoms with Crippen LogP contribution < -0.4 is 0 Å². The summed E-state index contributed by atoms with van der Waals surface area (Å²) in [5.41, 5.74) is 3.54. The molecule has 0 radical (unpaired) electrons. The number of ketones is 1. The number of hydrogen-bond donors (Lipinski definition) is 0. The lowest BCUT2D eigenvalue weighted by atomic mass is 9.89. The van der Waals surface area contributed by atoms with Crippen LogP contribution in [0.25, 0.3) is 10.8 Å². The van der Waals surface area contributed by atoms with Gasteiger partial charge in [0.1, 0.15) is 5.78 Å². The number of imide groups is 1. The molecular formula is C28H22N2O3. The molecule has 33 heavy (non-hydrogen) atoms. The smallest absolute Gasteiger partial charge is 0.261 e. The van der Waals surface area contributed by atoms with Crippen LogP contribution in [0, 0.1) is 6.92 Å². The standard InChI is InChI=1S/C28H22N2O3/c1-18-6-9-20(10-7-18)25(17-30-27(32)23-4-2-3-5-24(23)28(30)33)26(31)15-19-8-11-22-16-29-13-12-21(22)14-19/h2-14,16,25H,15,17H2,1H3. The lowest BCUT2D eigenvalue weighted by Gasteiger charge is -2.22. The van der Waals surface area contributed by atoms with Crippen LogP contribution >= 0.6 is 0 Å². The second-order valence-corrected chi connectivity index (χ2v) is 8.43. The van der Waals surface area contributed by atoms with Crippen molar-refractivity contribution in [1.82, 2.24) is 9.88 Å². The Morgan fingerprint density at radius 3 is 2.27 bits per heavy atom. The number of aromatic nitrogens is 1.